The molecular weight excluding hydrogens is 248 g/mol. The first kappa shape index (κ1) is 13.8. The molecule has 108 valence electrons. The second kappa shape index (κ2) is 6.06. The second-order valence-electron chi connectivity index (χ2n) is 6.15. The number of nitrogens with zero attached hydrogens (tertiary/aromatic N) is 1. The number of carbonyl (C=O) groups excluding carboxylic acids is 1. The van der Waals surface area contributed by atoms with Gasteiger partial charge in [-0.2, -0.15) is 0 Å². The SMILES string of the molecule is CN1CCNCC1c1cccc(C2CCCC2)c1C=O. The van der Waals surface area contributed by atoms with E-state index in [9.17, 15) is 4.79 Å². The number of hydrogen-bond acceptors (Lipinski definition) is 3. The number of nitrogens with one attached hydrogen (secondary N) is 1. The predicted octanol–water partition coefficient (Wildman–Crippen LogP) is 2.73. The van der Waals surface area contributed by atoms with Crippen molar-refractivity contribution in [3.8, 4) is 0 Å². The Balaban J connectivity index is 1.97. The highest BCUT2D eigenvalue weighted by atomic mass is 16.1. The fourth-order valence-electron chi connectivity index (χ4n) is 3.77. The molecule has 3 heteroatoms. The summed E-state index contributed by atoms with van der Waals surface area (Å²) in [7, 11) is 2.16. The van der Waals surface area contributed by atoms with Gasteiger partial charge in [0, 0.05) is 31.2 Å². The standard InChI is InChI=1S/C17H24N2O/c1-19-10-9-18-11-17(19)15-8-4-7-14(16(15)12-20)13-5-2-3-6-13/h4,7-8,12-13,17-18H,2-3,5-6,9-11H2,1H3. The lowest BCUT2D eigenvalue weighted by Crippen LogP contribution is -2.44. The molecule has 1 aliphatic carbocycles. The summed E-state index contributed by atoms with van der Waals surface area (Å²) < 4.78 is 0. The minimum Gasteiger partial charge on any atom is -0.314 e. The van der Waals surface area contributed by atoms with E-state index in [2.05, 4.69) is 35.5 Å². The van der Waals surface area contributed by atoms with E-state index < -0.39 is 0 Å². The van der Waals surface area contributed by atoms with Crippen LogP contribution in [0.5, 0.6) is 0 Å². The average molecular weight is 272 g/mol. The minimum absolute atomic E-state index is 0.324. The number of hydrogen-bond donors (Lipinski definition) is 1. The molecule has 1 aliphatic heterocycles. The smallest absolute Gasteiger partial charge is 0.150 e. The molecule has 0 spiro atoms. The van der Waals surface area contributed by atoms with Crippen LogP contribution in [0.3, 0.4) is 0 Å². The third-order valence-electron chi connectivity index (χ3n) is 4.96. The maximum Gasteiger partial charge on any atom is 0.150 e. The molecule has 3 rings (SSSR count). The van der Waals surface area contributed by atoms with Gasteiger partial charge in [-0.1, -0.05) is 31.0 Å². The largest absolute Gasteiger partial charge is 0.314 e. The summed E-state index contributed by atoms with van der Waals surface area (Å²) in [5, 5.41) is 3.45. The molecule has 2 aliphatic rings. The van der Waals surface area contributed by atoms with Crippen LogP contribution in [0, 0.1) is 0 Å². The molecule has 1 N–H and O–H groups in total. The van der Waals surface area contributed by atoms with Crippen molar-refractivity contribution in [2.75, 3.05) is 26.7 Å². The Bertz CT molecular complexity index is 480. The van der Waals surface area contributed by atoms with E-state index in [4.69, 9.17) is 0 Å². The quantitative estimate of drug-likeness (QED) is 0.859. The van der Waals surface area contributed by atoms with Crippen LogP contribution in [0.25, 0.3) is 0 Å². The molecule has 1 aromatic carbocycles. The molecule has 0 radical (unpaired) electrons. The summed E-state index contributed by atoms with van der Waals surface area (Å²) in [4.78, 5) is 14.1. The molecular formula is C17H24N2O. The zero-order valence-electron chi connectivity index (χ0n) is 12.3. The van der Waals surface area contributed by atoms with E-state index in [0.717, 1.165) is 31.5 Å². The Morgan fingerprint density at radius 3 is 2.70 bits per heavy atom. The first-order valence-electron chi connectivity index (χ1n) is 7.80. The average Bonchev–Trinajstić information content (AvgIpc) is 3.01. The van der Waals surface area contributed by atoms with Crippen LogP contribution in [-0.2, 0) is 0 Å². The van der Waals surface area contributed by atoms with Crippen molar-refractivity contribution in [1.82, 2.24) is 10.2 Å². The van der Waals surface area contributed by atoms with Crippen molar-refractivity contribution in [2.24, 2.45) is 0 Å². The highest BCUT2D eigenvalue weighted by Crippen LogP contribution is 2.37. The van der Waals surface area contributed by atoms with Gasteiger partial charge in [0.1, 0.15) is 0 Å². The van der Waals surface area contributed by atoms with Crippen molar-refractivity contribution in [1.29, 1.82) is 0 Å². The summed E-state index contributed by atoms with van der Waals surface area (Å²) in [6.45, 7) is 3.01. The van der Waals surface area contributed by atoms with E-state index in [0.29, 0.717) is 12.0 Å². The van der Waals surface area contributed by atoms with E-state index >= 15 is 0 Å². The molecule has 1 atom stereocenters. The number of likely N-dealkylation sites (N-methyl/N-ethyl adjacent to an activating group) is 1. The Morgan fingerprint density at radius 1 is 1.25 bits per heavy atom. The van der Waals surface area contributed by atoms with Gasteiger partial charge >= 0.3 is 0 Å². The Labute approximate surface area is 121 Å². The Hall–Kier alpha value is -1.19. The highest BCUT2D eigenvalue weighted by molar-refractivity contribution is 5.80. The summed E-state index contributed by atoms with van der Waals surface area (Å²) in [5.74, 6) is 0.594. The Kier molecular flexibility index (Phi) is 4.18. The Morgan fingerprint density at radius 2 is 2.00 bits per heavy atom. The maximum absolute atomic E-state index is 11.7. The van der Waals surface area contributed by atoms with Crippen molar-refractivity contribution < 1.29 is 4.79 Å². The van der Waals surface area contributed by atoms with Gasteiger partial charge in [0.25, 0.3) is 0 Å². The minimum atomic E-state index is 0.324. The van der Waals surface area contributed by atoms with Crippen molar-refractivity contribution in [2.45, 2.75) is 37.6 Å². The normalized spacial score (nSPS) is 24.9. The number of carbonyl (C=O) groups is 1. The van der Waals surface area contributed by atoms with Gasteiger partial charge in [0.05, 0.1) is 0 Å². The molecule has 0 bridgehead atoms. The zero-order valence-corrected chi connectivity index (χ0v) is 12.3. The fourth-order valence-corrected chi connectivity index (χ4v) is 3.77. The fraction of sp³-hybridized carbons (Fsp3) is 0.588. The summed E-state index contributed by atoms with van der Waals surface area (Å²) >= 11 is 0. The first-order chi connectivity index (χ1) is 9.81. The molecule has 2 fully saturated rings. The molecule has 1 aromatic rings. The predicted molar refractivity (Wildman–Crippen MR) is 81.3 cm³/mol. The van der Waals surface area contributed by atoms with E-state index in [1.807, 2.05) is 0 Å². The van der Waals surface area contributed by atoms with E-state index in [1.54, 1.807) is 0 Å². The lowest BCUT2D eigenvalue weighted by molar-refractivity contribution is 0.111. The number of rotatable bonds is 3. The molecule has 1 unspecified atom stereocenters. The highest BCUT2D eigenvalue weighted by Gasteiger charge is 2.26. The van der Waals surface area contributed by atoms with E-state index in [1.165, 1.54) is 36.8 Å². The van der Waals surface area contributed by atoms with Crippen LogP contribution in [0.2, 0.25) is 0 Å². The number of piperazine rings is 1. The van der Waals surface area contributed by atoms with Crippen LogP contribution >= 0.6 is 0 Å². The lowest BCUT2D eigenvalue weighted by Gasteiger charge is -2.34. The molecule has 20 heavy (non-hydrogen) atoms. The molecule has 1 saturated heterocycles. The molecule has 1 heterocycles. The lowest BCUT2D eigenvalue weighted by atomic mass is 9.87. The van der Waals surface area contributed by atoms with Crippen LogP contribution in [0.4, 0.5) is 0 Å². The molecule has 3 nitrogen and oxygen atoms in total. The maximum atomic E-state index is 11.7. The monoisotopic (exact) mass is 272 g/mol. The van der Waals surface area contributed by atoms with Crippen molar-refractivity contribution in [3.63, 3.8) is 0 Å². The summed E-state index contributed by atoms with van der Waals surface area (Å²) in [6, 6.07) is 6.76. The van der Waals surface area contributed by atoms with Crippen LogP contribution in [0.1, 0.15) is 59.1 Å². The van der Waals surface area contributed by atoms with Crippen LogP contribution < -0.4 is 5.32 Å². The third kappa shape index (κ3) is 2.52. The van der Waals surface area contributed by atoms with Gasteiger partial charge in [-0.15, -0.1) is 0 Å². The van der Waals surface area contributed by atoms with Crippen molar-refractivity contribution in [3.05, 3.63) is 34.9 Å². The van der Waals surface area contributed by atoms with Gasteiger partial charge in [-0.05, 0) is 36.9 Å². The second-order valence-corrected chi connectivity index (χ2v) is 6.15. The van der Waals surface area contributed by atoms with Gasteiger partial charge in [-0.25, -0.2) is 0 Å². The third-order valence-corrected chi connectivity index (χ3v) is 4.96. The van der Waals surface area contributed by atoms with Gasteiger partial charge in [-0.3, -0.25) is 9.69 Å². The summed E-state index contributed by atoms with van der Waals surface area (Å²) in [6.07, 6.45) is 6.17. The van der Waals surface area contributed by atoms with Crippen molar-refractivity contribution >= 4 is 6.29 Å². The van der Waals surface area contributed by atoms with Crippen LogP contribution in [0.15, 0.2) is 18.2 Å². The molecule has 0 aromatic heterocycles. The van der Waals surface area contributed by atoms with Gasteiger partial charge in [0.15, 0.2) is 6.29 Å². The topological polar surface area (TPSA) is 32.3 Å². The number of benzene rings is 1. The molecule has 0 amide bonds. The zero-order chi connectivity index (χ0) is 13.9. The van der Waals surface area contributed by atoms with E-state index in [-0.39, 0.29) is 0 Å². The molecule has 1 saturated carbocycles. The van der Waals surface area contributed by atoms with Gasteiger partial charge < -0.3 is 5.32 Å². The van der Waals surface area contributed by atoms with Gasteiger partial charge in [0.2, 0.25) is 0 Å². The summed E-state index contributed by atoms with van der Waals surface area (Å²) in [5.41, 5.74) is 3.45. The van der Waals surface area contributed by atoms with Crippen LogP contribution in [-0.4, -0.2) is 37.9 Å². The first-order valence-corrected chi connectivity index (χ1v) is 7.80. The number of aldehydes is 1.